The lowest BCUT2D eigenvalue weighted by Crippen LogP contribution is -2.51. The van der Waals surface area contributed by atoms with Crippen LogP contribution >= 0.6 is 0 Å². The average Bonchev–Trinajstić information content (AvgIpc) is 2.59. The van der Waals surface area contributed by atoms with Gasteiger partial charge in [-0.2, -0.15) is 0 Å². The predicted molar refractivity (Wildman–Crippen MR) is 96.3 cm³/mol. The molecule has 1 atom stereocenters. The summed E-state index contributed by atoms with van der Waals surface area (Å²) in [7, 11) is 4.01. The molecule has 2 rings (SSSR count). The van der Waals surface area contributed by atoms with Crippen molar-refractivity contribution in [1.82, 2.24) is 20.4 Å². The van der Waals surface area contributed by atoms with Crippen molar-refractivity contribution >= 4 is 12.1 Å². The van der Waals surface area contributed by atoms with Gasteiger partial charge in [-0.15, -0.1) is 0 Å². The van der Waals surface area contributed by atoms with Gasteiger partial charge in [-0.1, -0.05) is 0 Å². The van der Waals surface area contributed by atoms with E-state index in [1.165, 1.54) is 19.4 Å². The van der Waals surface area contributed by atoms with Gasteiger partial charge in [0.25, 0.3) is 0 Å². The maximum absolute atomic E-state index is 11.7. The number of guanidine groups is 1. The molecule has 0 aromatic rings. The molecule has 0 aromatic heterocycles. The lowest BCUT2D eigenvalue weighted by atomic mass is 9.98. The van der Waals surface area contributed by atoms with E-state index in [-0.39, 0.29) is 6.09 Å². The van der Waals surface area contributed by atoms with Crippen molar-refractivity contribution < 1.29 is 9.53 Å². The first-order chi connectivity index (χ1) is 11.6. The summed E-state index contributed by atoms with van der Waals surface area (Å²) in [6.45, 7) is 7.08. The van der Waals surface area contributed by atoms with E-state index in [9.17, 15) is 4.79 Å². The second-order valence-electron chi connectivity index (χ2n) is 6.83. The minimum absolute atomic E-state index is 0.195. The minimum atomic E-state index is -0.195. The first-order valence-corrected chi connectivity index (χ1v) is 9.19. The van der Waals surface area contributed by atoms with Gasteiger partial charge in [0.05, 0.1) is 6.61 Å². The molecular weight excluding hydrogens is 306 g/mol. The molecular formula is C17H33N5O2. The van der Waals surface area contributed by atoms with Crippen molar-refractivity contribution in [2.24, 2.45) is 10.9 Å². The van der Waals surface area contributed by atoms with Gasteiger partial charge in [-0.05, 0) is 52.1 Å². The summed E-state index contributed by atoms with van der Waals surface area (Å²) >= 11 is 0. The second-order valence-corrected chi connectivity index (χ2v) is 6.83. The zero-order valence-electron chi connectivity index (χ0n) is 15.4. The maximum Gasteiger partial charge on any atom is 0.409 e. The molecule has 138 valence electrons. The maximum atomic E-state index is 11.7. The van der Waals surface area contributed by atoms with Crippen molar-refractivity contribution in [3.8, 4) is 0 Å². The molecule has 2 saturated heterocycles. The third-order valence-corrected chi connectivity index (χ3v) is 4.87. The summed E-state index contributed by atoms with van der Waals surface area (Å²) in [5, 5.41) is 6.96. The molecule has 1 unspecified atom stereocenters. The van der Waals surface area contributed by atoms with Crippen LogP contribution in [-0.2, 0) is 4.74 Å². The van der Waals surface area contributed by atoms with Gasteiger partial charge in [0.15, 0.2) is 5.96 Å². The Kier molecular flexibility index (Phi) is 7.62. The Bertz CT molecular complexity index is 421. The Balaban J connectivity index is 1.69. The molecule has 0 saturated carbocycles. The van der Waals surface area contributed by atoms with Gasteiger partial charge in [0.1, 0.15) is 0 Å². The van der Waals surface area contributed by atoms with Crippen molar-refractivity contribution in [2.45, 2.75) is 38.6 Å². The van der Waals surface area contributed by atoms with Crippen LogP contribution in [0.2, 0.25) is 0 Å². The fourth-order valence-corrected chi connectivity index (χ4v) is 3.49. The third-order valence-electron chi connectivity index (χ3n) is 4.87. The molecule has 24 heavy (non-hydrogen) atoms. The standard InChI is InChI=1S/C17H33N5O2/c1-4-24-17(23)22-10-7-15(8-11-22)20-16(18-2)19-12-14-6-5-9-21(3)13-14/h14-15H,4-13H2,1-3H3,(H2,18,19,20). The van der Waals surface area contributed by atoms with E-state index in [2.05, 4.69) is 27.6 Å². The number of hydrogen-bond acceptors (Lipinski definition) is 4. The van der Waals surface area contributed by atoms with Gasteiger partial charge in [-0.3, -0.25) is 4.99 Å². The highest BCUT2D eigenvalue weighted by Gasteiger charge is 2.24. The Morgan fingerprint density at radius 3 is 2.62 bits per heavy atom. The van der Waals surface area contributed by atoms with Crippen LogP contribution in [0, 0.1) is 5.92 Å². The quantitative estimate of drug-likeness (QED) is 0.593. The lowest BCUT2D eigenvalue weighted by molar-refractivity contribution is 0.0963. The Morgan fingerprint density at radius 2 is 2.00 bits per heavy atom. The fourth-order valence-electron chi connectivity index (χ4n) is 3.49. The van der Waals surface area contributed by atoms with E-state index in [1.807, 2.05) is 14.0 Å². The molecule has 0 aliphatic carbocycles. The van der Waals surface area contributed by atoms with E-state index in [4.69, 9.17) is 4.74 Å². The average molecular weight is 339 g/mol. The van der Waals surface area contributed by atoms with E-state index in [0.717, 1.165) is 45.0 Å². The number of hydrogen-bond donors (Lipinski definition) is 2. The first kappa shape index (κ1) is 18.8. The molecule has 0 spiro atoms. The van der Waals surface area contributed by atoms with Crippen LogP contribution in [0.15, 0.2) is 4.99 Å². The van der Waals surface area contributed by atoms with Crippen molar-refractivity contribution in [3.05, 3.63) is 0 Å². The molecule has 1 amide bonds. The number of amides is 1. The van der Waals surface area contributed by atoms with E-state index in [1.54, 1.807) is 4.90 Å². The molecule has 7 heteroatoms. The monoisotopic (exact) mass is 339 g/mol. The summed E-state index contributed by atoms with van der Waals surface area (Å²) in [4.78, 5) is 20.3. The van der Waals surface area contributed by atoms with Crippen LogP contribution in [0.25, 0.3) is 0 Å². The molecule has 2 aliphatic rings. The van der Waals surface area contributed by atoms with Gasteiger partial charge in [0.2, 0.25) is 0 Å². The lowest BCUT2D eigenvalue weighted by Gasteiger charge is -2.33. The number of piperidine rings is 2. The number of rotatable bonds is 4. The van der Waals surface area contributed by atoms with Crippen molar-refractivity contribution in [1.29, 1.82) is 0 Å². The Labute approximate surface area is 145 Å². The molecule has 0 aromatic carbocycles. The predicted octanol–water partition coefficient (Wildman–Crippen LogP) is 1.11. The Hall–Kier alpha value is -1.50. The molecule has 2 aliphatic heterocycles. The highest BCUT2D eigenvalue weighted by atomic mass is 16.6. The zero-order valence-corrected chi connectivity index (χ0v) is 15.4. The fraction of sp³-hybridized carbons (Fsp3) is 0.882. The topological polar surface area (TPSA) is 69.2 Å². The van der Waals surface area contributed by atoms with E-state index < -0.39 is 0 Å². The molecule has 2 fully saturated rings. The van der Waals surface area contributed by atoms with Crippen LogP contribution in [0.4, 0.5) is 4.79 Å². The molecule has 2 N–H and O–H groups in total. The zero-order chi connectivity index (χ0) is 17.4. The highest BCUT2D eigenvalue weighted by Crippen LogP contribution is 2.14. The molecule has 2 heterocycles. The summed E-state index contributed by atoms with van der Waals surface area (Å²) < 4.78 is 5.06. The van der Waals surface area contributed by atoms with Crippen LogP contribution in [0.5, 0.6) is 0 Å². The smallest absolute Gasteiger partial charge is 0.409 e. The van der Waals surface area contributed by atoms with Gasteiger partial charge in [-0.25, -0.2) is 4.79 Å². The number of nitrogens with one attached hydrogen (secondary N) is 2. The summed E-state index contributed by atoms with van der Waals surface area (Å²) in [6, 6.07) is 0.357. The van der Waals surface area contributed by atoms with Crippen molar-refractivity contribution in [3.63, 3.8) is 0 Å². The van der Waals surface area contributed by atoms with Crippen molar-refractivity contribution in [2.75, 3.05) is 53.4 Å². The van der Waals surface area contributed by atoms with Gasteiger partial charge in [0, 0.05) is 39.3 Å². The molecule has 0 bridgehead atoms. The molecule has 0 radical (unpaired) electrons. The van der Waals surface area contributed by atoms with Gasteiger partial charge >= 0.3 is 6.09 Å². The largest absolute Gasteiger partial charge is 0.450 e. The van der Waals surface area contributed by atoms with E-state index >= 15 is 0 Å². The summed E-state index contributed by atoms with van der Waals surface area (Å²) in [6.07, 6.45) is 4.21. The number of aliphatic imine (C=N–C) groups is 1. The normalized spacial score (nSPS) is 23.9. The number of carbonyl (C=O) groups is 1. The van der Waals surface area contributed by atoms with Crippen LogP contribution in [-0.4, -0.2) is 81.3 Å². The number of nitrogens with zero attached hydrogens (tertiary/aromatic N) is 3. The second kappa shape index (κ2) is 9.71. The van der Waals surface area contributed by atoms with Crippen LogP contribution < -0.4 is 10.6 Å². The summed E-state index contributed by atoms with van der Waals surface area (Å²) in [5.74, 6) is 1.56. The number of carbonyl (C=O) groups excluding carboxylic acids is 1. The Morgan fingerprint density at radius 1 is 1.25 bits per heavy atom. The summed E-state index contributed by atoms with van der Waals surface area (Å²) in [5.41, 5.74) is 0. The highest BCUT2D eigenvalue weighted by molar-refractivity contribution is 5.80. The molecule has 7 nitrogen and oxygen atoms in total. The third kappa shape index (κ3) is 5.85. The van der Waals surface area contributed by atoms with Gasteiger partial charge < -0.3 is 25.2 Å². The minimum Gasteiger partial charge on any atom is -0.450 e. The SMILES string of the molecule is CCOC(=O)N1CCC(NC(=NC)NCC2CCCN(C)C2)CC1. The van der Waals surface area contributed by atoms with Crippen LogP contribution in [0.1, 0.15) is 32.6 Å². The number of ether oxygens (including phenoxy) is 1. The van der Waals surface area contributed by atoms with Crippen LogP contribution in [0.3, 0.4) is 0 Å². The first-order valence-electron chi connectivity index (χ1n) is 9.19. The number of likely N-dealkylation sites (tertiary alicyclic amines) is 2. The van der Waals surface area contributed by atoms with E-state index in [0.29, 0.717) is 18.6 Å².